The summed E-state index contributed by atoms with van der Waals surface area (Å²) in [4.78, 5) is 4.65. The first kappa shape index (κ1) is 13.5. The molecule has 0 fully saturated rings. The molecule has 1 aromatic carbocycles. The number of nitrogens with one attached hydrogen (secondary N) is 1. The molecule has 2 N–H and O–H groups in total. The Kier molecular flexibility index (Phi) is 3.24. The van der Waals surface area contributed by atoms with Gasteiger partial charge in [0.05, 0.1) is 12.8 Å². The van der Waals surface area contributed by atoms with Crippen molar-refractivity contribution in [1.29, 1.82) is 0 Å². The molecule has 0 unspecified atom stereocenters. The van der Waals surface area contributed by atoms with Crippen molar-refractivity contribution in [1.82, 2.24) is 9.38 Å². The van der Waals surface area contributed by atoms with Crippen LogP contribution in [0.2, 0.25) is 0 Å². The number of benzene rings is 1. The van der Waals surface area contributed by atoms with Crippen molar-refractivity contribution in [3.63, 3.8) is 0 Å². The van der Waals surface area contributed by atoms with Crippen LogP contribution in [0.15, 0.2) is 71.5 Å². The molecule has 5 nitrogen and oxygen atoms in total. The summed E-state index contributed by atoms with van der Waals surface area (Å²) < 4.78 is 7.33. The summed E-state index contributed by atoms with van der Waals surface area (Å²) in [5.41, 5.74) is 2.21. The number of anilines is 1. The van der Waals surface area contributed by atoms with Gasteiger partial charge in [-0.3, -0.25) is 4.40 Å². The van der Waals surface area contributed by atoms with E-state index >= 15 is 0 Å². The number of phenols is 1. The zero-order valence-corrected chi connectivity index (χ0v) is 12.3. The summed E-state index contributed by atoms with van der Waals surface area (Å²) in [6.45, 7) is 0.538. The van der Waals surface area contributed by atoms with Crippen molar-refractivity contribution in [2.24, 2.45) is 0 Å². The zero-order chi connectivity index (χ0) is 15.6. The molecule has 0 bridgehead atoms. The van der Waals surface area contributed by atoms with Crippen molar-refractivity contribution in [3.05, 3.63) is 72.8 Å². The number of pyridine rings is 1. The number of imidazole rings is 1. The molecular weight excluding hydrogens is 290 g/mol. The van der Waals surface area contributed by atoms with Crippen LogP contribution >= 0.6 is 0 Å². The summed E-state index contributed by atoms with van der Waals surface area (Å²) in [6, 6.07) is 16.8. The van der Waals surface area contributed by atoms with E-state index < -0.39 is 0 Å². The fourth-order valence-electron chi connectivity index (χ4n) is 2.61. The Morgan fingerprint density at radius 2 is 1.91 bits per heavy atom. The number of nitrogens with zero attached hydrogens (tertiary/aromatic N) is 2. The first-order chi connectivity index (χ1) is 11.3. The molecule has 0 atom stereocenters. The van der Waals surface area contributed by atoms with Crippen LogP contribution in [0, 0.1) is 0 Å². The van der Waals surface area contributed by atoms with Crippen molar-refractivity contribution in [2.45, 2.75) is 6.54 Å². The second kappa shape index (κ2) is 5.53. The van der Waals surface area contributed by atoms with Gasteiger partial charge in [0, 0.05) is 11.8 Å². The van der Waals surface area contributed by atoms with E-state index in [4.69, 9.17) is 4.42 Å². The first-order valence-corrected chi connectivity index (χ1v) is 7.34. The Balaban J connectivity index is 1.83. The zero-order valence-electron chi connectivity index (χ0n) is 12.3. The van der Waals surface area contributed by atoms with Gasteiger partial charge < -0.3 is 14.8 Å². The minimum absolute atomic E-state index is 0.206. The van der Waals surface area contributed by atoms with Crippen LogP contribution in [0.1, 0.15) is 5.76 Å². The van der Waals surface area contributed by atoms with Gasteiger partial charge in [-0.05, 0) is 36.4 Å². The molecule has 0 aliphatic heterocycles. The van der Waals surface area contributed by atoms with Crippen LogP contribution in [0.5, 0.6) is 5.75 Å². The Bertz CT molecular complexity index is 942. The van der Waals surface area contributed by atoms with E-state index in [1.807, 2.05) is 53.1 Å². The second-order valence-corrected chi connectivity index (χ2v) is 5.19. The minimum Gasteiger partial charge on any atom is -0.507 e. The molecule has 0 saturated carbocycles. The lowest BCUT2D eigenvalue weighted by Crippen LogP contribution is -2.02. The highest BCUT2D eigenvalue weighted by Crippen LogP contribution is 2.34. The molecule has 4 aromatic rings. The average molecular weight is 305 g/mol. The third-order valence-electron chi connectivity index (χ3n) is 3.70. The molecule has 3 aromatic heterocycles. The Morgan fingerprint density at radius 3 is 2.74 bits per heavy atom. The van der Waals surface area contributed by atoms with Gasteiger partial charge in [-0.25, -0.2) is 4.98 Å². The lowest BCUT2D eigenvalue weighted by atomic mass is 10.1. The number of fused-ring (bicyclic) bond motifs is 1. The monoisotopic (exact) mass is 305 g/mol. The number of hydrogen-bond acceptors (Lipinski definition) is 4. The van der Waals surface area contributed by atoms with Gasteiger partial charge in [-0.2, -0.15) is 0 Å². The fraction of sp³-hybridized carbons (Fsp3) is 0.0556. The van der Waals surface area contributed by atoms with Crippen LogP contribution in [0.25, 0.3) is 16.9 Å². The SMILES string of the molecule is Oc1ccccc1-c1nc2ccccn2c1NCc1ccco1. The Morgan fingerprint density at radius 1 is 1.04 bits per heavy atom. The van der Waals surface area contributed by atoms with E-state index in [0.29, 0.717) is 17.8 Å². The molecule has 0 radical (unpaired) electrons. The van der Waals surface area contributed by atoms with Gasteiger partial charge >= 0.3 is 0 Å². The van der Waals surface area contributed by atoms with Crippen molar-refractivity contribution >= 4 is 11.5 Å². The molecule has 0 saturated heterocycles. The summed E-state index contributed by atoms with van der Waals surface area (Å²) >= 11 is 0. The number of aromatic nitrogens is 2. The van der Waals surface area contributed by atoms with Crippen molar-refractivity contribution in [2.75, 3.05) is 5.32 Å². The molecular formula is C18H15N3O2. The van der Waals surface area contributed by atoms with Gasteiger partial charge in [0.15, 0.2) is 0 Å². The third kappa shape index (κ3) is 2.42. The number of furan rings is 1. The normalized spacial score (nSPS) is 11.0. The molecule has 4 rings (SSSR count). The smallest absolute Gasteiger partial charge is 0.139 e. The lowest BCUT2D eigenvalue weighted by Gasteiger charge is -2.08. The standard InChI is InChI=1S/C18H15N3O2/c22-15-8-2-1-7-14(15)17-18(19-12-13-6-5-11-23-13)21-10-4-3-9-16(21)20-17/h1-11,19,22H,12H2. The Labute approximate surface area is 132 Å². The molecule has 3 heterocycles. The van der Waals surface area contributed by atoms with E-state index in [-0.39, 0.29) is 5.75 Å². The maximum atomic E-state index is 10.2. The number of aromatic hydroxyl groups is 1. The summed E-state index contributed by atoms with van der Waals surface area (Å²) in [6.07, 6.45) is 3.59. The molecule has 23 heavy (non-hydrogen) atoms. The topological polar surface area (TPSA) is 62.7 Å². The van der Waals surface area contributed by atoms with Gasteiger partial charge in [-0.15, -0.1) is 0 Å². The summed E-state index contributed by atoms with van der Waals surface area (Å²) in [5.74, 6) is 1.86. The fourth-order valence-corrected chi connectivity index (χ4v) is 2.61. The highest BCUT2D eigenvalue weighted by Gasteiger charge is 2.16. The average Bonchev–Trinajstić information content (AvgIpc) is 3.21. The first-order valence-electron chi connectivity index (χ1n) is 7.34. The van der Waals surface area contributed by atoms with E-state index in [2.05, 4.69) is 10.3 Å². The largest absolute Gasteiger partial charge is 0.507 e. The quantitative estimate of drug-likeness (QED) is 0.600. The van der Waals surface area contributed by atoms with Crippen LogP contribution in [0.4, 0.5) is 5.82 Å². The molecule has 0 amide bonds. The lowest BCUT2D eigenvalue weighted by molar-refractivity contribution is 0.477. The summed E-state index contributed by atoms with van der Waals surface area (Å²) in [5, 5.41) is 13.5. The number of phenolic OH excluding ortho intramolecular Hbond substituents is 1. The van der Waals surface area contributed by atoms with Crippen LogP contribution in [-0.2, 0) is 6.54 Å². The molecule has 0 aliphatic carbocycles. The van der Waals surface area contributed by atoms with E-state index in [9.17, 15) is 5.11 Å². The Hall–Kier alpha value is -3.21. The number of rotatable bonds is 4. The number of hydrogen-bond donors (Lipinski definition) is 2. The van der Waals surface area contributed by atoms with E-state index in [1.54, 1.807) is 18.4 Å². The molecule has 0 aliphatic rings. The van der Waals surface area contributed by atoms with Crippen molar-refractivity contribution < 1.29 is 9.52 Å². The second-order valence-electron chi connectivity index (χ2n) is 5.19. The minimum atomic E-state index is 0.206. The number of para-hydroxylation sites is 1. The van der Waals surface area contributed by atoms with E-state index in [0.717, 1.165) is 17.2 Å². The van der Waals surface area contributed by atoms with Gasteiger partial charge in [0.1, 0.15) is 28.7 Å². The predicted octanol–water partition coefficient (Wildman–Crippen LogP) is 3.91. The summed E-state index contributed by atoms with van der Waals surface area (Å²) in [7, 11) is 0. The molecule has 0 spiro atoms. The third-order valence-corrected chi connectivity index (χ3v) is 3.70. The van der Waals surface area contributed by atoms with Crippen LogP contribution < -0.4 is 5.32 Å². The maximum Gasteiger partial charge on any atom is 0.139 e. The van der Waals surface area contributed by atoms with Gasteiger partial charge in [0.25, 0.3) is 0 Å². The maximum absolute atomic E-state index is 10.2. The van der Waals surface area contributed by atoms with Gasteiger partial charge in [-0.1, -0.05) is 18.2 Å². The highest BCUT2D eigenvalue weighted by molar-refractivity contribution is 5.79. The van der Waals surface area contributed by atoms with E-state index in [1.165, 1.54) is 0 Å². The van der Waals surface area contributed by atoms with Gasteiger partial charge in [0.2, 0.25) is 0 Å². The van der Waals surface area contributed by atoms with Crippen LogP contribution in [-0.4, -0.2) is 14.5 Å². The molecule has 114 valence electrons. The van der Waals surface area contributed by atoms with Crippen LogP contribution in [0.3, 0.4) is 0 Å². The highest BCUT2D eigenvalue weighted by atomic mass is 16.3. The van der Waals surface area contributed by atoms with Crippen molar-refractivity contribution in [3.8, 4) is 17.0 Å². The predicted molar refractivity (Wildman–Crippen MR) is 88.3 cm³/mol. The molecule has 5 heteroatoms.